The average molecular weight is 536 g/mol. The number of amides is 2. The number of carbonyl (C=O) groups is 1. The van der Waals surface area contributed by atoms with Gasteiger partial charge in [0.05, 0.1) is 11.1 Å². The lowest BCUT2D eigenvalue weighted by molar-refractivity contribution is 0.219. The fourth-order valence-electron chi connectivity index (χ4n) is 5.06. The lowest BCUT2D eigenvalue weighted by Crippen LogP contribution is -2.32. The van der Waals surface area contributed by atoms with Crippen molar-refractivity contribution in [3.63, 3.8) is 0 Å². The number of rotatable bonds is 8. The SMILES string of the molecule is O=C1NCCN1CCNc1ncc(F)c(-c2cc3cccc(-c4cc(F)ncc4CN4CCCC4)c3s2)n1. The van der Waals surface area contributed by atoms with Crippen molar-refractivity contribution in [2.75, 3.05) is 44.6 Å². The van der Waals surface area contributed by atoms with E-state index in [1.807, 2.05) is 24.3 Å². The van der Waals surface area contributed by atoms with Gasteiger partial charge in [-0.15, -0.1) is 11.3 Å². The summed E-state index contributed by atoms with van der Waals surface area (Å²) in [6.07, 6.45) is 5.13. The Morgan fingerprint density at radius 3 is 2.74 bits per heavy atom. The smallest absolute Gasteiger partial charge is 0.317 e. The van der Waals surface area contributed by atoms with E-state index in [-0.39, 0.29) is 11.7 Å². The van der Waals surface area contributed by atoms with Gasteiger partial charge < -0.3 is 15.5 Å². The molecule has 2 fully saturated rings. The fourth-order valence-corrected chi connectivity index (χ4v) is 6.24. The van der Waals surface area contributed by atoms with Crippen LogP contribution in [0.25, 0.3) is 31.8 Å². The van der Waals surface area contributed by atoms with Gasteiger partial charge in [-0.25, -0.2) is 24.1 Å². The molecule has 2 aliphatic rings. The molecule has 5 heterocycles. The molecule has 0 bridgehead atoms. The first-order valence-corrected chi connectivity index (χ1v) is 13.6. The van der Waals surface area contributed by atoms with Gasteiger partial charge in [0.1, 0.15) is 5.69 Å². The maximum Gasteiger partial charge on any atom is 0.317 e. The second kappa shape index (κ2) is 10.6. The molecule has 11 heteroatoms. The first-order chi connectivity index (χ1) is 18.5. The van der Waals surface area contributed by atoms with Crippen LogP contribution < -0.4 is 10.6 Å². The number of pyridine rings is 1. The van der Waals surface area contributed by atoms with Crippen molar-refractivity contribution in [2.45, 2.75) is 19.4 Å². The first-order valence-electron chi connectivity index (χ1n) is 12.7. The highest BCUT2D eigenvalue weighted by molar-refractivity contribution is 7.22. The molecule has 2 amide bonds. The van der Waals surface area contributed by atoms with Gasteiger partial charge in [-0.2, -0.15) is 4.39 Å². The lowest BCUT2D eigenvalue weighted by atomic mass is 10.00. The molecule has 2 aliphatic heterocycles. The van der Waals surface area contributed by atoms with E-state index < -0.39 is 11.8 Å². The summed E-state index contributed by atoms with van der Waals surface area (Å²) in [5, 5.41) is 6.78. The number of carbonyl (C=O) groups excluding carboxylic acids is 1. The minimum absolute atomic E-state index is 0.0914. The third kappa shape index (κ3) is 5.03. The molecule has 0 unspecified atom stereocenters. The molecule has 2 saturated heterocycles. The number of nitrogens with one attached hydrogen (secondary N) is 2. The fraction of sp³-hybridized carbons (Fsp3) is 0.333. The Kier molecular flexibility index (Phi) is 6.86. The van der Waals surface area contributed by atoms with Gasteiger partial charge in [0.25, 0.3) is 0 Å². The molecule has 8 nitrogen and oxygen atoms in total. The Hall–Kier alpha value is -3.70. The number of anilines is 1. The third-order valence-electron chi connectivity index (χ3n) is 6.97. The van der Waals surface area contributed by atoms with E-state index in [0.29, 0.717) is 43.5 Å². The quantitative estimate of drug-likeness (QED) is 0.317. The molecule has 0 atom stereocenters. The lowest BCUT2D eigenvalue weighted by Gasteiger charge is -2.17. The zero-order valence-electron chi connectivity index (χ0n) is 20.7. The molecule has 1 aromatic carbocycles. The number of hydrogen-bond donors (Lipinski definition) is 2. The minimum Gasteiger partial charge on any atom is -0.352 e. The number of urea groups is 1. The second-order valence-corrected chi connectivity index (χ2v) is 10.6. The van der Waals surface area contributed by atoms with Crippen molar-refractivity contribution < 1.29 is 13.6 Å². The van der Waals surface area contributed by atoms with Crippen LogP contribution >= 0.6 is 11.3 Å². The van der Waals surface area contributed by atoms with Gasteiger partial charge in [0.15, 0.2) is 5.82 Å². The number of thiophene rings is 1. The van der Waals surface area contributed by atoms with Crippen LogP contribution in [0, 0.1) is 11.8 Å². The zero-order valence-corrected chi connectivity index (χ0v) is 21.5. The summed E-state index contributed by atoms with van der Waals surface area (Å²) in [5.74, 6) is -0.752. The highest BCUT2D eigenvalue weighted by atomic mass is 32.1. The van der Waals surface area contributed by atoms with Crippen molar-refractivity contribution in [3.05, 3.63) is 60.1 Å². The molecule has 2 N–H and O–H groups in total. The Morgan fingerprint density at radius 1 is 1.05 bits per heavy atom. The standard InChI is InChI=1S/C27H27F2N7OS/c28-21-15-33-26(30-6-10-36-11-7-31-27(36)37)34-24(21)22-12-17-4-3-5-19(25(17)38-22)20-13-23(29)32-14-18(20)16-35-8-1-2-9-35/h3-5,12-15H,1-2,6-11,16H2,(H,31,37)(H,30,33,34). The van der Waals surface area contributed by atoms with Crippen molar-refractivity contribution >= 4 is 33.4 Å². The van der Waals surface area contributed by atoms with Gasteiger partial charge in [-0.3, -0.25) is 4.90 Å². The Morgan fingerprint density at radius 2 is 1.92 bits per heavy atom. The predicted molar refractivity (Wildman–Crippen MR) is 144 cm³/mol. The van der Waals surface area contributed by atoms with Gasteiger partial charge in [-0.05, 0) is 48.5 Å². The first kappa shape index (κ1) is 24.6. The number of aromatic nitrogens is 3. The molecular formula is C27H27F2N7OS. The summed E-state index contributed by atoms with van der Waals surface area (Å²) < 4.78 is 30.1. The van der Waals surface area contributed by atoms with Crippen molar-refractivity contribution in [3.8, 4) is 21.7 Å². The minimum atomic E-state index is -0.525. The van der Waals surface area contributed by atoms with E-state index in [0.717, 1.165) is 46.1 Å². The Labute approximate surface area is 222 Å². The molecular weight excluding hydrogens is 508 g/mol. The highest BCUT2D eigenvalue weighted by Crippen LogP contribution is 2.40. The molecule has 6 rings (SSSR count). The van der Waals surface area contributed by atoms with E-state index >= 15 is 0 Å². The number of benzene rings is 1. The number of halogens is 2. The van der Waals surface area contributed by atoms with Crippen LogP contribution in [0.15, 0.2) is 42.7 Å². The second-order valence-electron chi connectivity index (χ2n) is 9.52. The summed E-state index contributed by atoms with van der Waals surface area (Å²) in [6, 6.07) is 9.19. The van der Waals surface area contributed by atoms with Crippen LogP contribution in [0.2, 0.25) is 0 Å². The van der Waals surface area contributed by atoms with E-state index in [4.69, 9.17) is 0 Å². The molecule has 3 aromatic heterocycles. The molecule has 4 aromatic rings. The summed E-state index contributed by atoms with van der Waals surface area (Å²) >= 11 is 1.42. The van der Waals surface area contributed by atoms with Crippen molar-refractivity contribution in [1.29, 1.82) is 0 Å². The number of nitrogens with zero attached hydrogens (tertiary/aromatic N) is 5. The normalized spacial score (nSPS) is 15.9. The Balaban J connectivity index is 1.30. The maximum absolute atomic E-state index is 14.9. The molecule has 0 saturated carbocycles. The van der Waals surface area contributed by atoms with Gasteiger partial charge in [-0.1, -0.05) is 18.2 Å². The summed E-state index contributed by atoms with van der Waals surface area (Å²) in [4.78, 5) is 28.9. The van der Waals surface area contributed by atoms with E-state index in [2.05, 4.69) is 30.5 Å². The molecule has 196 valence electrons. The van der Waals surface area contributed by atoms with Gasteiger partial charge >= 0.3 is 6.03 Å². The van der Waals surface area contributed by atoms with Gasteiger partial charge in [0.2, 0.25) is 11.9 Å². The molecule has 0 radical (unpaired) electrons. The largest absolute Gasteiger partial charge is 0.352 e. The molecule has 0 spiro atoms. The van der Waals surface area contributed by atoms with E-state index in [9.17, 15) is 13.6 Å². The van der Waals surface area contributed by atoms with Crippen molar-refractivity contribution in [2.24, 2.45) is 0 Å². The van der Waals surface area contributed by atoms with E-state index in [1.165, 1.54) is 30.2 Å². The van der Waals surface area contributed by atoms with E-state index in [1.54, 1.807) is 11.1 Å². The summed E-state index contributed by atoms with van der Waals surface area (Å²) in [6.45, 7) is 5.00. The molecule has 0 aliphatic carbocycles. The van der Waals surface area contributed by atoms with Crippen LogP contribution in [0.1, 0.15) is 18.4 Å². The monoisotopic (exact) mass is 535 g/mol. The summed E-state index contributed by atoms with van der Waals surface area (Å²) in [5.41, 5.74) is 2.87. The van der Waals surface area contributed by atoms with Crippen LogP contribution in [-0.4, -0.2) is 70.1 Å². The summed E-state index contributed by atoms with van der Waals surface area (Å²) in [7, 11) is 0. The van der Waals surface area contributed by atoms with Crippen LogP contribution in [0.3, 0.4) is 0 Å². The van der Waals surface area contributed by atoms with Gasteiger partial charge in [0, 0.05) is 55.3 Å². The Bertz CT molecular complexity index is 1490. The average Bonchev–Trinajstić information content (AvgIpc) is 3.67. The zero-order chi connectivity index (χ0) is 26.1. The maximum atomic E-state index is 14.9. The molecule has 38 heavy (non-hydrogen) atoms. The van der Waals surface area contributed by atoms with Crippen molar-refractivity contribution in [1.82, 2.24) is 30.1 Å². The number of hydrogen-bond acceptors (Lipinski definition) is 7. The third-order valence-corrected chi connectivity index (χ3v) is 8.16. The van der Waals surface area contributed by atoms with Crippen LogP contribution in [0.5, 0.6) is 0 Å². The number of fused-ring (bicyclic) bond motifs is 1. The number of likely N-dealkylation sites (tertiary alicyclic amines) is 1. The highest BCUT2D eigenvalue weighted by Gasteiger charge is 2.20. The topological polar surface area (TPSA) is 86.3 Å². The predicted octanol–water partition coefficient (Wildman–Crippen LogP) is 4.73. The van der Waals surface area contributed by atoms with Crippen LogP contribution in [0.4, 0.5) is 19.5 Å². The van der Waals surface area contributed by atoms with Crippen LogP contribution in [-0.2, 0) is 6.54 Å².